The van der Waals surface area contributed by atoms with Gasteiger partial charge in [-0.2, -0.15) is 0 Å². The molecule has 1 atom stereocenters. The molecule has 0 fully saturated rings. The number of hydrogen-bond donors (Lipinski definition) is 1. The molecule has 57 heavy (non-hydrogen) atoms. The summed E-state index contributed by atoms with van der Waals surface area (Å²) in [5, 5.41) is 5.07. The topological polar surface area (TPSA) is 75.7 Å². The fourth-order valence-corrected chi connectivity index (χ4v) is 9.00. The molecule has 0 aliphatic heterocycles. The van der Waals surface area contributed by atoms with Crippen LogP contribution in [0.5, 0.6) is 5.75 Å². The van der Waals surface area contributed by atoms with Gasteiger partial charge in [0, 0.05) is 48.0 Å². The highest BCUT2D eigenvalue weighted by atomic mass is 32.1. The van der Waals surface area contributed by atoms with Crippen molar-refractivity contribution in [2.24, 2.45) is 0 Å². The molecule has 0 saturated heterocycles. The van der Waals surface area contributed by atoms with Crippen LogP contribution in [0.2, 0.25) is 0 Å². The predicted molar refractivity (Wildman–Crippen MR) is 239 cm³/mol. The number of ketones is 1. The fraction of sp³-hybridized carbons (Fsp3) is 0.620. The van der Waals surface area contributed by atoms with Crippen LogP contribution in [0.4, 0.5) is 0 Å². The number of benzene rings is 2. The summed E-state index contributed by atoms with van der Waals surface area (Å²) in [5.74, 6) is 0.352. The summed E-state index contributed by atoms with van der Waals surface area (Å²) in [6.45, 7) is 7.08. The molecule has 1 aliphatic rings. The minimum atomic E-state index is -0.272. The van der Waals surface area contributed by atoms with Gasteiger partial charge in [-0.25, -0.2) is 0 Å². The molecule has 7 heteroatoms. The van der Waals surface area contributed by atoms with Crippen molar-refractivity contribution in [2.75, 3.05) is 19.6 Å². The average molecular weight is 799 g/mol. The van der Waals surface area contributed by atoms with Crippen molar-refractivity contribution >= 4 is 29.0 Å². The Bertz CT molecular complexity index is 1550. The summed E-state index contributed by atoms with van der Waals surface area (Å²) in [4.78, 5) is 42.4. The first-order chi connectivity index (χ1) is 28.0. The van der Waals surface area contributed by atoms with E-state index in [9.17, 15) is 14.4 Å². The number of thiophene rings is 1. The summed E-state index contributed by atoms with van der Waals surface area (Å²) in [6, 6.07) is 17.9. The largest absolute Gasteiger partial charge is 0.426 e. The van der Waals surface area contributed by atoms with E-state index in [0.717, 1.165) is 63.6 Å². The molecule has 0 bridgehead atoms. The molecule has 6 nitrogen and oxygen atoms in total. The number of nitrogens with zero attached hydrogens (tertiary/aromatic N) is 1. The van der Waals surface area contributed by atoms with Crippen LogP contribution in [0, 0.1) is 0 Å². The highest BCUT2D eigenvalue weighted by Gasteiger charge is 2.26. The lowest BCUT2D eigenvalue weighted by atomic mass is 9.86. The van der Waals surface area contributed by atoms with Gasteiger partial charge in [0.15, 0.2) is 5.78 Å². The van der Waals surface area contributed by atoms with E-state index in [0.29, 0.717) is 42.3 Å². The number of nitrogens with one attached hydrogen (secondary N) is 1. The molecule has 1 amide bonds. The van der Waals surface area contributed by atoms with Crippen molar-refractivity contribution in [3.05, 3.63) is 87.1 Å². The van der Waals surface area contributed by atoms with E-state index in [1.165, 1.54) is 107 Å². The maximum Gasteiger partial charge on any atom is 0.311 e. The Morgan fingerprint density at radius 1 is 0.684 bits per heavy atom. The zero-order valence-electron chi connectivity index (χ0n) is 35.6. The zero-order valence-corrected chi connectivity index (χ0v) is 36.5. The molecule has 1 N–H and O–H groups in total. The van der Waals surface area contributed by atoms with Crippen LogP contribution in [-0.2, 0) is 24.1 Å². The highest BCUT2D eigenvalue weighted by molar-refractivity contribution is 7.09. The quantitative estimate of drug-likeness (QED) is 0.0304. The van der Waals surface area contributed by atoms with E-state index in [2.05, 4.69) is 47.6 Å². The Morgan fingerprint density at radius 3 is 1.93 bits per heavy atom. The smallest absolute Gasteiger partial charge is 0.311 e. The Morgan fingerprint density at radius 2 is 1.32 bits per heavy atom. The first kappa shape index (κ1) is 46.4. The molecule has 1 heterocycles. The van der Waals surface area contributed by atoms with E-state index in [1.54, 1.807) is 24.3 Å². The summed E-state index contributed by atoms with van der Waals surface area (Å²) in [7, 11) is 0. The lowest BCUT2D eigenvalue weighted by Crippen LogP contribution is -2.41. The monoisotopic (exact) mass is 799 g/mol. The van der Waals surface area contributed by atoms with Crippen LogP contribution in [0.3, 0.4) is 0 Å². The maximum atomic E-state index is 12.8. The standard InChI is InChI=1S/C50H74N2O4S/c1-3-5-6-7-8-9-10-11-12-13-14-15-16-17-18-19-20-26-47(53)41-29-31-42(32-30-41)50(55)51-36-22-28-49(54)56-48-27-21-24-43-40-44(33-34-46(43)48)52(37-4-2)38-35-45-25-23-39-57-45/h21,23-25,27,29-32,39,44H,3-20,22,26,28,33-38,40H2,1-2H3,(H,51,55). The number of amides is 1. The molecule has 0 radical (unpaired) electrons. The number of ether oxygens (including phenoxy) is 1. The molecular weight excluding hydrogens is 725 g/mol. The number of Topliss-reactive ketones (excluding diaryl/α,β-unsaturated/α-hetero) is 1. The van der Waals surface area contributed by atoms with Crippen LogP contribution in [0.15, 0.2) is 60.0 Å². The lowest BCUT2D eigenvalue weighted by Gasteiger charge is -2.35. The van der Waals surface area contributed by atoms with E-state index >= 15 is 0 Å². The third-order valence-electron chi connectivity index (χ3n) is 11.7. The molecule has 3 aromatic rings. The second-order valence-electron chi connectivity index (χ2n) is 16.4. The van der Waals surface area contributed by atoms with Crippen LogP contribution in [0.25, 0.3) is 0 Å². The molecule has 1 aromatic heterocycles. The van der Waals surface area contributed by atoms with E-state index in [1.807, 2.05) is 23.5 Å². The zero-order chi connectivity index (χ0) is 40.3. The van der Waals surface area contributed by atoms with Gasteiger partial charge >= 0.3 is 5.97 Å². The first-order valence-electron chi connectivity index (χ1n) is 23.0. The van der Waals surface area contributed by atoms with Crippen molar-refractivity contribution in [3.63, 3.8) is 0 Å². The first-order valence-corrected chi connectivity index (χ1v) is 23.9. The highest BCUT2D eigenvalue weighted by Crippen LogP contribution is 2.32. The third-order valence-corrected chi connectivity index (χ3v) is 12.6. The second-order valence-corrected chi connectivity index (χ2v) is 17.4. The summed E-state index contributed by atoms with van der Waals surface area (Å²) in [5.41, 5.74) is 3.62. The van der Waals surface area contributed by atoms with Crippen molar-refractivity contribution in [1.29, 1.82) is 0 Å². The molecule has 0 spiro atoms. The van der Waals surface area contributed by atoms with Gasteiger partial charge in [-0.1, -0.05) is 147 Å². The molecule has 1 unspecified atom stereocenters. The van der Waals surface area contributed by atoms with Crippen molar-refractivity contribution < 1.29 is 19.1 Å². The average Bonchev–Trinajstić information content (AvgIpc) is 3.76. The number of hydrogen-bond acceptors (Lipinski definition) is 6. The van der Waals surface area contributed by atoms with E-state index in [-0.39, 0.29) is 24.1 Å². The minimum absolute atomic E-state index is 0.143. The summed E-state index contributed by atoms with van der Waals surface area (Å²) < 4.78 is 5.87. The Balaban J connectivity index is 1.03. The lowest BCUT2D eigenvalue weighted by molar-refractivity contribution is -0.134. The fourth-order valence-electron chi connectivity index (χ4n) is 8.31. The number of rotatable bonds is 31. The third kappa shape index (κ3) is 18.0. The molecule has 314 valence electrons. The summed E-state index contributed by atoms with van der Waals surface area (Å²) in [6.07, 6.45) is 29.0. The Labute approximate surface area is 349 Å². The molecule has 1 aliphatic carbocycles. The number of unbranched alkanes of at least 4 members (excludes halogenated alkanes) is 16. The number of carbonyl (C=O) groups is 3. The van der Waals surface area contributed by atoms with Crippen molar-refractivity contribution in [2.45, 2.75) is 180 Å². The summed E-state index contributed by atoms with van der Waals surface area (Å²) >= 11 is 1.84. The second kappa shape index (κ2) is 28.2. The van der Waals surface area contributed by atoms with Gasteiger partial charge in [0.25, 0.3) is 5.91 Å². The van der Waals surface area contributed by atoms with Crippen molar-refractivity contribution in [1.82, 2.24) is 10.2 Å². The van der Waals surface area contributed by atoms with Gasteiger partial charge in [0.2, 0.25) is 0 Å². The minimum Gasteiger partial charge on any atom is -0.426 e. The van der Waals surface area contributed by atoms with Crippen LogP contribution < -0.4 is 10.1 Å². The molecule has 2 aromatic carbocycles. The van der Waals surface area contributed by atoms with E-state index in [4.69, 9.17) is 4.74 Å². The predicted octanol–water partition coefficient (Wildman–Crippen LogP) is 12.9. The Kier molecular flexibility index (Phi) is 22.9. The number of carbonyl (C=O) groups excluding carboxylic acids is 3. The van der Waals surface area contributed by atoms with Gasteiger partial charge in [-0.15, -0.1) is 11.3 Å². The van der Waals surface area contributed by atoms with Gasteiger partial charge in [0.05, 0.1) is 0 Å². The SMILES string of the molecule is CCCCCCCCCCCCCCCCCCCC(=O)c1ccc(C(=O)NCCCC(=O)Oc2cccc3c2CCC(N(CCC)CCc2cccs2)C3)cc1. The van der Waals surface area contributed by atoms with Gasteiger partial charge < -0.3 is 10.1 Å². The van der Waals surface area contributed by atoms with Crippen molar-refractivity contribution in [3.8, 4) is 5.75 Å². The number of fused-ring (bicyclic) bond motifs is 1. The van der Waals surface area contributed by atoms with E-state index < -0.39 is 0 Å². The normalized spacial score (nSPS) is 13.8. The van der Waals surface area contributed by atoms with Crippen LogP contribution >= 0.6 is 11.3 Å². The Hall–Kier alpha value is -3.29. The molecule has 4 rings (SSSR count). The van der Waals surface area contributed by atoms with Gasteiger partial charge in [0.1, 0.15) is 5.75 Å². The van der Waals surface area contributed by atoms with Gasteiger partial charge in [-0.05, 0) is 92.3 Å². The maximum absolute atomic E-state index is 12.8. The van der Waals surface area contributed by atoms with Crippen LogP contribution in [-0.4, -0.2) is 48.2 Å². The van der Waals surface area contributed by atoms with Crippen LogP contribution in [0.1, 0.15) is 192 Å². The molecule has 0 saturated carbocycles. The molecular formula is C50H74N2O4S. The number of esters is 1. The van der Waals surface area contributed by atoms with Gasteiger partial charge in [-0.3, -0.25) is 19.3 Å².